The Hall–Kier alpha value is -1.39. The van der Waals surface area contributed by atoms with E-state index >= 15 is 0 Å². The second-order valence-electron chi connectivity index (χ2n) is 6.66. The van der Waals surface area contributed by atoms with E-state index in [0.29, 0.717) is 12.1 Å². The zero-order valence-electron chi connectivity index (χ0n) is 13.2. The molecule has 2 bridgehead atoms. The molecule has 2 fully saturated rings. The van der Waals surface area contributed by atoms with Gasteiger partial charge in [0.05, 0.1) is 0 Å². The van der Waals surface area contributed by atoms with Gasteiger partial charge in [0, 0.05) is 25.2 Å². The first kappa shape index (κ1) is 14.5. The van der Waals surface area contributed by atoms with Crippen molar-refractivity contribution in [3.05, 3.63) is 35.4 Å². The number of benzene rings is 1. The molecule has 3 rings (SSSR count). The Morgan fingerprint density at radius 3 is 2.52 bits per heavy atom. The molecule has 0 aromatic heterocycles. The summed E-state index contributed by atoms with van der Waals surface area (Å²) in [6.45, 7) is 3.78. The maximum atomic E-state index is 13.0. The van der Waals surface area contributed by atoms with E-state index in [1.807, 2.05) is 25.1 Å². The molecular weight excluding hydrogens is 262 g/mol. The molecule has 2 heterocycles. The van der Waals surface area contributed by atoms with Crippen LogP contribution in [0.3, 0.4) is 0 Å². The summed E-state index contributed by atoms with van der Waals surface area (Å²) >= 11 is 0. The van der Waals surface area contributed by atoms with Gasteiger partial charge in [0.25, 0.3) is 0 Å². The molecule has 114 valence electrons. The van der Waals surface area contributed by atoms with Crippen molar-refractivity contribution in [1.29, 1.82) is 0 Å². The number of likely N-dealkylation sites (N-methyl/N-ethyl adjacent to an activating group) is 1. The third kappa shape index (κ3) is 2.97. The van der Waals surface area contributed by atoms with Gasteiger partial charge in [-0.05, 0) is 39.4 Å². The third-order valence-electron chi connectivity index (χ3n) is 4.64. The molecule has 1 aromatic rings. The van der Waals surface area contributed by atoms with Gasteiger partial charge in [-0.15, -0.1) is 0 Å². The van der Waals surface area contributed by atoms with Crippen molar-refractivity contribution >= 4 is 5.91 Å². The highest BCUT2D eigenvalue weighted by Crippen LogP contribution is 2.26. The van der Waals surface area contributed by atoms with E-state index in [0.717, 1.165) is 18.7 Å². The summed E-state index contributed by atoms with van der Waals surface area (Å²) in [5.41, 5.74) is 2.29. The van der Waals surface area contributed by atoms with Crippen molar-refractivity contribution in [3.8, 4) is 0 Å². The highest BCUT2D eigenvalue weighted by atomic mass is 16.2. The minimum atomic E-state index is -0.178. The Kier molecular flexibility index (Phi) is 4.00. The second-order valence-corrected chi connectivity index (χ2v) is 6.66. The first-order chi connectivity index (χ1) is 10.0. The molecule has 2 aliphatic rings. The molecule has 1 N–H and O–H groups in total. The van der Waals surface area contributed by atoms with Crippen LogP contribution in [-0.4, -0.2) is 55.0 Å². The summed E-state index contributed by atoms with van der Waals surface area (Å²) in [5, 5.41) is 3.58. The van der Waals surface area contributed by atoms with Gasteiger partial charge in [0.15, 0.2) is 0 Å². The summed E-state index contributed by atoms with van der Waals surface area (Å²) in [4.78, 5) is 17.1. The minimum Gasteiger partial charge on any atom is -0.338 e. The van der Waals surface area contributed by atoms with Crippen LogP contribution in [0.15, 0.2) is 24.3 Å². The summed E-state index contributed by atoms with van der Waals surface area (Å²) in [6.07, 6.45) is 2.40. The van der Waals surface area contributed by atoms with E-state index in [1.165, 1.54) is 18.4 Å². The van der Waals surface area contributed by atoms with Crippen molar-refractivity contribution in [3.63, 3.8) is 0 Å². The van der Waals surface area contributed by atoms with Gasteiger partial charge in [-0.25, -0.2) is 0 Å². The van der Waals surface area contributed by atoms with Crippen LogP contribution in [0, 0.1) is 6.92 Å². The lowest BCUT2D eigenvalue weighted by Gasteiger charge is -2.37. The van der Waals surface area contributed by atoms with Gasteiger partial charge >= 0.3 is 0 Å². The number of nitrogens with zero attached hydrogens (tertiary/aromatic N) is 2. The Bertz CT molecular complexity index is 517. The molecule has 0 saturated carbocycles. The smallest absolute Gasteiger partial charge is 0.244 e. The van der Waals surface area contributed by atoms with Crippen LogP contribution >= 0.6 is 0 Å². The van der Waals surface area contributed by atoms with Crippen LogP contribution in [0.2, 0.25) is 0 Å². The molecular formula is C17H25N3O. The fourth-order valence-electron chi connectivity index (χ4n) is 3.65. The molecule has 0 radical (unpaired) electrons. The standard InChI is InChI=1S/C17H25N3O/c1-12-5-4-6-13(9-12)16(19(2)3)17(21)20-10-14-7-8-15(11-20)18-14/h4-6,9,14-16,18H,7-8,10-11H2,1-3H3/t14-,15+,16?. The van der Waals surface area contributed by atoms with Crippen molar-refractivity contribution in [2.45, 2.75) is 37.9 Å². The monoisotopic (exact) mass is 287 g/mol. The third-order valence-corrected chi connectivity index (χ3v) is 4.64. The first-order valence-corrected chi connectivity index (χ1v) is 7.82. The lowest BCUT2D eigenvalue weighted by Crippen LogP contribution is -2.55. The van der Waals surface area contributed by atoms with Gasteiger partial charge in [0.2, 0.25) is 5.91 Å². The van der Waals surface area contributed by atoms with Crippen molar-refractivity contribution in [1.82, 2.24) is 15.1 Å². The van der Waals surface area contributed by atoms with Crippen LogP contribution in [0.1, 0.15) is 30.0 Å². The number of fused-ring (bicyclic) bond motifs is 2. The molecule has 2 aliphatic heterocycles. The van der Waals surface area contributed by atoms with Gasteiger partial charge in [0.1, 0.15) is 6.04 Å². The average molecular weight is 287 g/mol. The lowest BCUT2D eigenvalue weighted by molar-refractivity contribution is -0.137. The Morgan fingerprint density at radius 1 is 1.29 bits per heavy atom. The van der Waals surface area contributed by atoms with Gasteiger partial charge in [-0.1, -0.05) is 29.8 Å². The predicted octanol–water partition coefficient (Wildman–Crippen LogP) is 1.56. The minimum absolute atomic E-state index is 0.178. The SMILES string of the molecule is Cc1cccc(C(C(=O)N2C[C@H]3CC[C@@H](C2)N3)N(C)C)c1. The molecule has 1 amide bonds. The molecule has 1 aromatic carbocycles. The fourth-order valence-corrected chi connectivity index (χ4v) is 3.65. The maximum absolute atomic E-state index is 13.0. The molecule has 21 heavy (non-hydrogen) atoms. The molecule has 4 heteroatoms. The Labute approximate surface area is 127 Å². The van der Waals surface area contributed by atoms with Crippen molar-refractivity contribution < 1.29 is 4.79 Å². The number of nitrogens with one attached hydrogen (secondary N) is 1. The normalized spacial score (nSPS) is 26.2. The van der Waals surface area contributed by atoms with E-state index in [-0.39, 0.29) is 11.9 Å². The van der Waals surface area contributed by atoms with Gasteiger partial charge in [-0.3, -0.25) is 9.69 Å². The number of piperazine rings is 1. The highest BCUT2D eigenvalue weighted by Gasteiger charge is 2.37. The number of amides is 1. The quantitative estimate of drug-likeness (QED) is 0.916. The van der Waals surface area contributed by atoms with E-state index in [4.69, 9.17) is 0 Å². The van der Waals surface area contributed by atoms with Crippen LogP contribution in [-0.2, 0) is 4.79 Å². The van der Waals surface area contributed by atoms with E-state index < -0.39 is 0 Å². The number of carbonyl (C=O) groups is 1. The predicted molar refractivity (Wildman–Crippen MR) is 84.1 cm³/mol. The summed E-state index contributed by atoms with van der Waals surface area (Å²) in [5.74, 6) is 0.240. The van der Waals surface area contributed by atoms with Crippen molar-refractivity contribution in [2.75, 3.05) is 27.2 Å². The molecule has 1 unspecified atom stereocenters. The van der Waals surface area contributed by atoms with E-state index in [9.17, 15) is 4.79 Å². The summed E-state index contributed by atoms with van der Waals surface area (Å²) in [7, 11) is 3.98. The van der Waals surface area contributed by atoms with E-state index in [2.05, 4.69) is 35.3 Å². The largest absolute Gasteiger partial charge is 0.338 e. The van der Waals surface area contributed by atoms with Crippen LogP contribution in [0.25, 0.3) is 0 Å². The summed E-state index contributed by atoms with van der Waals surface area (Å²) in [6, 6.07) is 9.11. The number of carbonyl (C=O) groups excluding carboxylic acids is 1. The highest BCUT2D eigenvalue weighted by molar-refractivity contribution is 5.83. The zero-order chi connectivity index (χ0) is 15.0. The lowest BCUT2D eigenvalue weighted by atomic mass is 10.0. The van der Waals surface area contributed by atoms with Crippen LogP contribution in [0.4, 0.5) is 0 Å². The topological polar surface area (TPSA) is 35.6 Å². The maximum Gasteiger partial charge on any atom is 0.244 e. The van der Waals surface area contributed by atoms with Crippen molar-refractivity contribution in [2.24, 2.45) is 0 Å². The Morgan fingerprint density at radius 2 is 1.95 bits per heavy atom. The Balaban J connectivity index is 1.82. The van der Waals surface area contributed by atoms with E-state index in [1.54, 1.807) is 0 Å². The molecule has 0 aliphatic carbocycles. The number of aryl methyl sites for hydroxylation is 1. The number of likely N-dealkylation sites (tertiary alicyclic amines) is 1. The number of rotatable bonds is 3. The van der Waals surface area contributed by atoms with Crippen LogP contribution < -0.4 is 5.32 Å². The molecule has 0 spiro atoms. The second kappa shape index (κ2) is 5.78. The number of hydrogen-bond acceptors (Lipinski definition) is 3. The van der Waals surface area contributed by atoms with Crippen LogP contribution in [0.5, 0.6) is 0 Å². The molecule has 4 nitrogen and oxygen atoms in total. The first-order valence-electron chi connectivity index (χ1n) is 7.82. The summed E-state index contributed by atoms with van der Waals surface area (Å²) < 4.78 is 0. The molecule has 3 atom stereocenters. The average Bonchev–Trinajstić information content (AvgIpc) is 2.77. The van der Waals surface area contributed by atoms with Gasteiger partial charge < -0.3 is 10.2 Å². The zero-order valence-corrected chi connectivity index (χ0v) is 13.2. The fraction of sp³-hybridized carbons (Fsp3) is 0.588. The van der Waals surface area contributed by atoms with Gasteiger partial charge in [-0.2, -0.15) is 0 Å². The molecule has 2 saturated heterocycles. The number of hydrogen-bond donors (Lipinski definition) is 1.